The number of rotatable bonds is 3. The maximum Gasteiger partial charge on any atom is 0.287 e. The summed E-state index contributed by atoms with van der Waals surface area (Å²) in [4.78, 5) is 16.8. The molecule has 1 unspecified atom stereocenters. The summed E-state index contributed by atoms with van der Waals surface area (Å²) < 4.78 is 28.9. The highest BCUT2D eigenvalue weighted by Gasteiger charge is 2.29. The van der Waals surface area contributed by atoms with E-state index >= 15 is 0 Å². The Morgan fingerprint density at radius 3 is 2.75 bits per heavy atom. The third-order valence-electron chi connectivity index (χ3n) is 5.05. The summed E-state index contributed by atoms with van der Waals surface area (Å²) in [6, 6.07) is 3.20. The lowest BCUT2D eigenvalue weighted by atomic mass is 10.2. The first-order valence-electron chi connectivity index (χ1n) is 8.95. The summed E-state index contributed by atoms with van der Waals surface area (Å²) >= 11 is 6.09. The molecule has 28 heavy (non-hydrogen) atoms. The first-order valence-corrected chi connectivity index (χ1v) is 9.33. The van der Waals surface area contributed by atoms with Gasteiger partial charge in [-0.1, -0.05) is 11.6 Å². The van der Waals surface area contributed by atoms with Crippen LogP contribution < -0.4 is 4.90 Å². The fourth-order valence-corrected chi connectivity index (χ4v) is 3.44. The topological polar surface area (TPSA) is 63.0 Å². The van der Waals surface area contributed by atoms with Crippen LogP contribution in [0, 0.1) is 0 Å². The second kappa shape index (κ2) is 6.89. The second-order valence-electron chi connectivity index (χ2n) is 7.17. The Kier molecular flexibility index (Phi) is 4.67. The third-order valence-corrected chi connectivity index (χ3v) is 5.26. The molecule has 3 aromatic heterocycles. The normalized spacial score (nSPS) is 18.8. The van der Waals surface area contributed by atoms with Gasteiger partial charge < -0.3 is 9.80 Å². The number of anilines is 1. The van der Waals surface area contributed by atoms with Gasteiger partial charge in [-0.05, 0) is 20.0 Å². The summed E-state index contributed by atoms with van der Waals surface area (Å²) in [5, 5.41) is 5.72. The zero-order chi connectivity index (χ0) is 20.1. The molecule has 3 aromatic rings. The van der Waals surface area contributed by atoms with Gasteiger partial charge in [0.15, 0.2) is 5.82 Å². The van der Waals surface area contributed by atoms with Crippen molar-refractivity contribution in [2.24, 2.45) is 0 Å². The third kappa shape index (κ3) is 3.40. The number of piperazine rings is 1. The van der Waals surface area contributed by atoms with Gasteiger partial charge >= 0.3 is 0 Å². The summed E-state index contributed by atoms with van der Waals surface area (Å²) in [7, 11) is 2.09. The van der Waals surface area contributed by atoms with E-state index in [0.29, 0.717) is 11.6 Å². The van der Waals surface area contributed by atoms with Crippen LogP contribution in [0.1, 0.15) is 19.5 Å². The molecule has 0 aromatic carbocycles. The minimum absolute atomic E-state index is 0.0692. The molecule has 0 spiro atoms. The van der Waals surface area contributed by atoms with Gasteiger partial charge in [0.25, 0.3) is 11.9 Å². The van der Waals surface area contributed by atoms with Crippen molar-refractivity contribution in [3.05, 3.63) is 35.4 Å². The van der Waals surface area contributed by atoms with Crippen molar-refractivity contribution in [2.75, 3.05) is 31.6 Å². The van der Waals surface area contributed by atoms with Crippen molar-refractivity contribution >= 4 is 28.3 Å². The minimum atomic E-state index is -3.07. The Hall–Kier alpha value is -2.39. The zero-order valence-electron chi connectivity index (χ0n) is 15.8. The van der Waals surface area contributed by atoms with Gasteiger partial charge in [-0.2, -0.15) is 13.5 Å². The lowest BCUT2D eigenvalue weighted by Gasteiger charge is -2.37. The largest absolute Gasteiger partial charge is 0.352 e. The number of nitrogens with zero attached hydrogens (tertiary/aromatic N) is 7. The molecule has 0 N–H and O–H groups in total. The Balaban J connectivity index is 1.85. The summed E-state index contributed by atoms with van der Waals surface area (Å²) in [6.07, 6.45) is 2.96. The molecule has 0 bridgehead atoms. The van der Waals surface area contributed by atoms with Crippen molar-refractivity contribution in [3.63, 3.8) is 0 Å². The number of hydrogen-bond donors (Lipinski definition) is 0. The van der Waals surface area contributed by atoms with E-state index in [-0.39, 0.29) is 16.8 Å². The standard InChI is InChI=1S/C18H20ClF2N7/c1-11-10-27(7-6-26(11)3)16-12-9-23-15(19)8-13(12)28(25-16)17-22-5-4-14(24-17)18(2,20)21/h4-5,8-9,11H,6-7,10H2,1-3H3. The number of fused-ring (bicyclic) bond motifs is 1. The van der Waals surface area contributed by atoms with Crippen LogP contribution in [0.4, 0.5) is 14.6 Å². The van der Waals surface area contributed by atoms with Gasteiger partial charge in [-0.3, -0.25) is 0 Å². The molecule has 1 aliphatic heterocycles. The first kappa shape index (κ1) is 18.9. The van der Waals surface area contributed by atoms with Crippen molar-refractivity contribution in [2.45, 2.75) is 25.8 Å². The summed E-state index contributed by atoms with van der Waals surface area (Å²) in [5.41, 5.74) is 0.259. The predicted octanol–water partition coefficient (Wildman–Crippen LogP) is 3.12. The van der Waals surface area contributed by atoms with Gasteiger partial charge in [0.1, 0.15) is 10.8 Å². The van der Waals surface area contributed by atoms with E-state index in [1.165, 1.54) is 16.9 Å². The Bertz CT molecular complexity index is 1020. The fourth-order valence-electron chi connectivity index (χ4n) is 3.29. The average molecular weight is 408 g/mol. The number of halogens is 3. The summed E-state index contributed by atoms with van der Waals surface area (Å²) in [5.74, 6) is -2.29. The van der Waals surface area contributed by atoms with E-state index in [1.807, 2.05) is 0 Å². The number of aromatic nitrogens is 5. The SMILES string of the molecule is CC1CN(c2nn(-c3nccc(C(C)(F)F)n3)c3cc(Cl)ncc23)CCN1C. The molecule has 1 aliphatic rings. The van der Waals surface area contributed by atoms with Gasteiger partial charge in [-0.15, -0.1) is 5.10 Å². The molecule has 7 nitrogen and oxygen atoms in total. The van der Waals surface area contributed by atoms with E-state index in [9.17, 15) is 8.78 Å². The average Bonchev–Trinajstić information content (AvgIpc) is 3.02. The van der Waals surface area contributed by atoms with Crippen LogP contribution in [0.3, 0.4) is 0 Å². The molecule has 0 radical (unpaired) electrons. The molecule has 148 valence electrons. The fraction of sp³-hybridized carbons (Fsp3) is 0.444. The van der Waals surface area contributed by atoms with E-state index in [1.54, 1.807) is 12.3 Å². The van der Waals surface area contributed by atoms with E-state index in [2.05, 4.69) is 43.8 Å². The van der Waals surface area contributed by atoms with Gasteiger partial charge in [-0.25, -0.2) is 15.0 Å². The van der Waals surface area contributed by atoms with E-state index in [4.69, 9.17) is 11.6 Å². The zero-order valence-corrected chi connectivity index (χ0v) is 16.5. The Labute approximate surface area is 166 Å². The van der Waals surface area contributed by atoms with E-state index < -0.39 is 5.92 Å². The lowest BCUT2D eigenvalue weighted by molar-refractivity contribution is 0.0126. The van der Waals surface area contributed by atoms with Crippen LogP contribution in [-0.4, -0.2) is 62.4 Å². The number of hydrogen-bond acceptors (Lipinski definition) is 6. The maximum absolute atomic E-state index is 13.7. The highest BCUT2D eigenvalue weighted by Crippen LogP contribution is 2.31. The molecule has 4 heterocycles. The first-order chi connectivity index (χ1) is 13.2. The lowest BCUT2D eigenvalue weighted by Crippen LogP contribution is -2.50. The van der Waals surface area contributed by atoms with Gasteiger partial charge in [0.2, 0.25) is 0 Å². The monoisotopic (exact) mass is 407 g/mol. The van der Waals surface area contributed by atoms with E-state index in [0.717, 1.165) is 37.8 Å². The summed E-state index contributed by atoms with van der Waals surface area (Å²) in [6.45, 7) is 5.43. The molecule has 1 fully saturated rings. The maximum atomic E-state index is 13.7. The number of pyridine rings is 1. The Morgan fingerprint density at radius 1 is 1.25 bits per heavy atom. The second-order valence-corrected chi connectivity index (χ2v) is 7.55. The van der Waals surface area contributed by atoms with Crippen LogP contribution >= 0.6 is 11.6 Å². The quantitative estimate of drug-likeness (QED) is 0.622. The highest BCUT2D eigenvalue weighted by atomic mass is 35.5. The highest BCUT2D eigenvalue weighted by molar-refractivity contribution is 6.30. The van der Waals surface area contributed by atoms with Crippen molar-refractivity contribution in [3.8, 4) is 5.95 Å². The number of likely N-dealkylation sites (N-methyl/N-ethyl adjacent to an activating group) is 1. The Morgan fingerprint density at radius 2 is 2.04 bits per heavy atom. The number of alkyl halides is 2. The molecule has 10 heteroatoms. The molecular weight excluding hydrogens is 388 g/mol. The van der Waals surface area contributed by atoms with Gasteiger partial charge in [0, 0.05) is 51.1 Å². The molecule has 4 rings (SSSR count). The molecule has 0 aliphatic carbocycles. The smallest absolute Gasteiger partial charge is 0.287 e. The molecular formula is C18H20ClF2N7. The van der Waals surface area contributed by atoms with Crippen molar-refractivity contribution in [1.82, 2.24) is 29.6 Å². The van der Waals surface area contributed by atoms with Crippen LogP contribution in [0.15, 0.2) is 24.5 Å². The van der Waals surface area contributed by atoms with Crippen molar-refractivity contribution in [1.29, 1.82) is 0 Å². The minimum Gasteiger partial charge on any atom is -0.352 e. The van der Waals surface area contributed by atoms with Crippen LogP contribution in [0.2, 0.25) is 5.15 Å². The van der Waals surface area contributed by atoms with Crippen LogP contribution in [0.5, 0.6) is 0 Å². The van der Waals surface area contributed by atoms with Crippen LogP contribution in [-0.2, 0) is 5.92 Å². The molecule has 1 atom stereocenters. The molecule has 0 saturated carbocycles. The molecule has 1 saturated heterocycles. The molecule has 0 amide bonds. The van der Waals surface area contributed by atoms with Crippen LogP contribution in [0.25, 0.3) is 16.9 Å². The van der Waals surface area contributed by atoms with Crippen molar-refractivity contribution < 1.29 is 8.78 Å². The predicted molar refractivity (Wildman–Crippen MR) is 103 cm³/mol. The van der Waals surface area contributed by atoms with Gasteiger partial charge in [0.05, 0.1) is 10.9 Å².